The Hall–Kier alpha value is -2.39. The van der Waals surface area contributed by atoms with Crippen LogP contribution in [0.4, 0.5) is 13.2 Å². The lowest BCUT2D eigenvalue weighted by Gasteiger charge is -2.19. The number of methoxy groups -OCH3 is 1. The monoisotopic (exact) mass is 372 g/mol. The summed E-state index contributed by atoms with van der Waals surface area (Å²) in [4.78, 5) is 12.5. The molecule has 0 saturated heterocycles. The summed E-state index contributed by atoms with van der Waals surface area (Å²) in [5.41, 5.74) is 4.50. The lowest BCUT2D eigenvalue weighted by atomic mass is 9.98. The maximum absolute atomic E-state index is 13.5. The number of likely N-dealkylation sites (N-methyl/N-ethyl adjacent to an activating group) is 1. The molecular formula is C16H15F3N2O3S. The van der Waals surface area contributed by atoms with Crippen LogP contribution in [0.2, 0.25) is 0 Å². The summed E-state index contributed by atoms with van der Waals surface area (Å²) in [6.45, 7) is -0.233. The van der Waals surface area contributed by atoms with Crippen molar-refractivity contribution in [3.63, 3.8) is 0 Å². The van der Waals surface area contributed by atoms with Gasteiger partial charge in [0.15, 0.2) is 0 Å². The van der Waals surface area contributed by atoms with Crippen molar-refractivity contribution in [1.82, 2.24) is 4.90 Å². The molecule has 0 atom stereocenters. The van der Waals surface area contributed by atoms with E-state index in [1.54, 1.807) is 0 Å². The Balaban J connectivity index is 2.76. The van der Waals surface area contributed by atoms with Crippen molar-refractivity contribution in [2.45, 2.75) is 6.18 Å². The van der Waals surface area contributed by atoms with Gasteiger partial charge < -0.3 is 10.5 Å². The summed E-state index contributed by atoms with van der Waals surface area (Å²) >= 11 is 0.0836. The van der Waals surface area contributed by atoms with Crippen LogP contribution in [0.1, 0.15) is 11.1 Å². The number of rotatable bonds is 4. The molecule has 25 heavy (non-hydrogen) atoms. The van der Waals surface area contributed by atoms with Crippen LogP contribution < -0.4 is 10.5 Å². The first-order valence-electron chi connectivity index (χ1n) is 7.04. The largest absolute Gasteiger partial charge is 0.496 e. The number of primary amides is 1. The van der Waals surface area contributed by atoms with E-state index in [1.165, 1.54) is 42.3 Å². The van der Waals surface area contributed by atoms with Gasteiger partial charge >= 0.3 is 6.18 Å². The van der Waals surface area contributed by atoms with E-state index < -0.39 is 17.6 Å². The van der Waals surface area contributed by atoms with Crippen LogP contribution in [-0.2, 0) is 22.2 Å². The fraction of sp³-hybridized carbons (Fsp3) is 0.250. The van der Waals surface area contributed by atoms with Crippen molar-refractivity contribution in [3.8, 4) is 5.75 Å². The van der Waals surface area contributed by atoms with Gasteiger partial charge in [-0.25, -0.2) is 4.21 Å². The van der Waals surface area contributed by atoms with Crippen molar-refractivity contribution >= 4 is 32.9 Å². The number of amides is 1. The number of nitrogens with zero attached hydrogens (tertiary/aromatic N) is 1. The first-order valence-corrected chi connectivity index (χ1v) is 7.78. The van der Waals surface area contributed by atoms with E-state index in [0.717, 1.165) is 7.11 Å². The Morgan fingerprint density at radius 2 is 1.92 bits per heavy atom. The Labute approximate surface area is 145 Å². The lowest BCUT2D eigenvalue weighted by Crippen LogP contribution is -2.36. The Kier molecular flexibility index (Phi) is 5.48. The van der Waals surface area contributed by atoms with E-state index in [4.69, 9.17) is 10.5 Å². The molecule has 0 aliphatic carbocycles. The minimum Gasteiger partial charge on any atom is -0.496 e. The zero-order valence-corrected chi connectivity index (χ0v) is 14.2. The minimum absolute atomic E-state index is 0.0836. The Morgan fingerprint density at radius 3 is 2.44 bits per heavy atom. The number of carbonyl (C=O) groups excluding carboxylic acids is 1. The number of benzene rings is 2. The summed E-state index contributed by atoms with van der Waals surface area (Å²) in [5, 5.41) is 0.133. The van der Waals surface area contributed by atoms with Crippen LogP contribution in [0.15, 0.2) is 30.3 Å². The molecule has 0 aliphatic rings. The highest BCUT2D eigenvalue weighted by Gasteiger charge is 2.36. The third-order valence-corrected chi connectivity index (χ3v) is 4.27. The fourth-order valence-corrected chi connectivity index (χ4v) is 3.07. The van der Waals surface area contributed by atoms with E-state index >= 15 is 0 Å². The average Bonchev–Trinajstić information content (AvgIpc) is 2.52. The van der Waals surface area contributed by atoms with Crippen molar-refractivity contribution in [2.24, 2.45) is 5.73 Å². The van der Waals surface area contributed by atoms with Gasteiger partial charge in [-0.2, -0.15) is 13.2 Å². The molecule has 0 unspecified atom stereocenters. The smallest absolute Gasteiger partial charge is 0.420 e. The van der Waals surface area contributed by atoms with E-state index in [1.807, 2.05) is 0 Å². The van der Waals surface area contributed by atoms with Crippen LogP contribution in [0.5, 0.6) is 5.75 Å². The molecule has 2 N–H and O–H groups in total. The molecule has 0 aromatic heterocycles. The second-order valence-electron chi connectivity index (χ2n) is 5.25. The SMILES string of the molecule is COc1ccc2c(C(=S=O)N(C)CC(N)=O)cccc2c1C(F)(F)F. The van der Waals surface area contributed by atoms with Crippen LogP contribution in [0.25, 0.3) is 10.8 Å². The van der Waals surface area contributed by atoms with Crippen LogP contribution in [-0.4, -0.2) is 40.7 Å². The van der Waals surface area contributed by atoms with E-state index in [-0.39, 0.29) is 44.9 Å². The summed E-state index contributed by atoms with van der Waals surface area (Å²) in [7, 11) is 2.63. The van der Waals surface area contributed by atoms with E-state index in [0.29, 0.717) is 0 Å². The van der Waals surface area contributed by atoms with Gasteiger partial charge in [0.2, 0.25) is 5.91 Å². The fourth-order valence-electron chi connectivity index (χ4n) is 2.61. The summed E-state index contributed by atoms with van der Waals surface area (Å²) < 4.78 is 56.8. The van der Waals surface area contributed by atoms with Crippen molar-refractivity contribution < 1.29 is 26.9 Å². The molecule has 5 nitrogen and oxygen atoms in total. The molecule has 9 heteroatoms. The quantitative estimate of drug-likeness (QED) is 0.833. The third kappa shape index (κ3) is 3.83. The highest BCUT2D eigenvalue weighted by molar-refractivity contribution is 7.66. The Bertz CT molecular complexity index is 877. The second-order valence-corrected chi connectivity index (χ2v) is 5.81. The number of ether oxygens (including phenoxy) is 1. The maximum Gasteiger partial charge on any atom is 0.420 e. The maximum atomic E-state index is 13.5. The molecule has 0 bridgehead atoms. The molecule has 2 rings (SSSR count). The van der Waals surface area contributed by atoms with Crippen molar-refractivity contribution in [1.29, 1.82) is 0 Å². The summed E-state index contributed by atoms with van der Waals surface area (Å²) in [6, 6.07) is 6.90. The zero-order valence-electron chi connectivity index (χ0n) is 13.4. The molecule has 0 saturated carbocycles. The molecule has 0 spiro atoms. The number of halogens is 3. The summed E-state index contributed by atoms with van der Waals surface area (Å²) in [6.07, 6.45) is -4.63. The van der Waals surface area contributed by atoms with Gasteiger partial charge in [-0.3, -0.25) is 9.69 Å². The number of nitrogens with two attached hydrogens (primary N) is 1. The van der Waals surface area contributed by atoms with Gasteiger partial charge in [0.25, 0.3) is 0 Å². The first kappa shape index (κ1) is 18.9. The van der Waals surface area contributed by atoms with Gasteiger partial charge in [-0.15, -0.1) is 0 Å². The van der Waals surface area contributed by atoms with Crippen LogP contribution >= 0.6 is 0 Å². The molecule has 0 aliphatic heterocycles. The molecule has 0 radical (unpaired) electrons. The van der Waals surface area contributed by atoms with Gasteiger partial charge in [-0.1, -0.05) is 18.2 Å². The number of alkyl halides is 3. The van der Waals surface area contributed by atoms with Crippen molar-refractivity contribution in [3.05, 3.63) is 41.5 Å². The second kappa shape index (κ2) is 7.24. The number of hydrogen-bond donors (Lipinski definition) is 1. The number of fused-ring (bicyclic) bond motifs is 1. The van der Waals surface area contributed by atoms with E-state index in [9.17, 15) is 22.2 Å². The summed E-state index contributed by atoms with van der Waals surface area (Å²) in [5.74, 6) is -0.967. The van der Waals surface area contributed by atoms with Gasteiger partial charge in [-0.05, 0) is 30.0 Å². The zero-order chi connectivity index (χ0) is 18.8. The van der Waals surface area contributed by atoms with Gasteiger partial charge in [0.1, 0.15) is 27.6 Å². The molecule has 1 amide bonds. The van der Waals surface area contributed by atoms with Gasteiger partial charge in [0, 0.05) is 5.56 Å². The number of hydrogen-bond acceptors (Lipinski definition) is 3. The highest BCUT2D eigenvalue weighted by Crippen LogP contribution is 2.41. The van der Waals surface area contributed by atoms with E-state index in [2.05, 4.69) is 0 Å². The topological polar surface area (TPSA) is 72.6 Å². The van der Waals surface area contributed by atoms with Crippen LogP contribution in [0.3, 0.4) is 0 Å². The first-order chi connectivity index (χ1) is 11.7. The highest BCUT2D eigenvalue weighted by atomic mass is 32.1. The Morgan fingerprint density at radius 1 is 1.24 bits per heavy atom. The predicted octanol–water partition coefficient (Wildman–Crippen LogP) is 1.98. The molecule has 0 fully saturated rings. The minimum atomic E-state index is -4.63. The van der Waals surface area contributed by atoms with Crippen LogP contribution in [0, 0.1) is 0 Å². The average molecular weight is 372 g/mol. The normalized spacial score (nSPS) is 11.6. The molecule has 2 aromatic carbocycles. The van der Waals surface area contributed by atoms with Crippen molar-refractivity contribution in [2.75, 3.05) is 20.7 Å². The molecule has 0 heterocycles. The molecule has 2 aromatic rings. The van der Waals surface area contributed by atoms with Gasteiger partial charge in [0.05, 0.1) is 13.7 Å². The number of carbonyl (C=O) groups is 1. The lowest BCUT2D eigenvalue weighted by molar-refractivity contribution is -0.137. The molecule has 134 valence electrons. The standard InChI is InChI=1S/C16H15F3N2O3S/c1-21(8-13(20)22)15(25-23)11-5-3-4-10-9(11)6-7-12(24-2)14(10)16(17,18)19/h3-7H,8H2,1-2H3,(H2,20,22). The molecular weight excluding hydrogens is 357 g/mol. The third-order valence-electron chi connectivity index (χ3n) is 3.58. The predicted molar refractivity (Wildman–Crippen MR) is 89.6 cm³/mol.